The van der Waals surface area contributed by atoms with Crippen LogP contribution >= 0.6 is 0 Å². The number of carbonyl (C=O) groups excluding carboxylic acids is 1. The molecular weight excluding hydrogens is 338 g/mol. The van der Waals surface area contributed by atoms with Gasteiger partial charge in [-0.2, -0.15) is 5.10 Å². The minimum Gasteiger partial charge on any atom is -0.497 e. The zero-order chi connectivity index (χ0) is 18.7. The topological polar surface area (TPSA) is 104 Å². The molecule has 136 valence electrons. The van der Waals surface area contributed by atoms with Crippen molar-refractivity contribution in [2.24, 2.45) is 0 Å². The van der Waals surface area contributed by atoms with Crippen LogP contribution in [-0.2, 0) is 6.54 Å². The van der Waals surface area contributed by atoms with Crippen LogP contribution in [0.4, 0.5) is 6.01 Å². The van der Waals surface area contributed by atoms with Crippen LogP contribution in [0.15, 0.2) is 28.7 Å². The molecule has 2 aromatic heterocycles. The lowest BCUT2D eigenvalue weighted by atomic mass is 10.2. The third-order valence-corrected chi connectivity index (χ3v) is 3.72. The second-order valence-corrected chi connectivity index (χ2v) is 5.42. The largest absolute Gasteiger partial charge is 0.497 e. The van der Waals surface area contributed by atoms with Gasteiger partial charge in [0.1, 0.15) is 17.2 Å². The number of hydrogen-bond acceptors (Lipinski definition) is 7. The molecule has 9 nitrogen and oxygen atoms in total. The van der Waals surface area contributed by atoms with Crippen LogP contribution in [0.25, 0.3) is 11.5 Å². The van der Waals surface area contributed by atoms with Crippen LogP contribution in [0, 0.1) is 6.92 Å². The summed E-state index contributed by atoms with van der Waals surface area (Å²) in [6.45, 7) is 4.30. The van der Waals surface area contributed by atoms with Crippen molar-refractivity contribution >= 4 is 11.9 Å². The maximum atomic E-state index is 12.4. The Morgan fingerprint density at radius 3 is 2.73 bits per heavy atom. The zero-order valence-corrected chi connectivity index (χ0v) is 14.9. The maximum Gasteiger partial charge on any atom is 0.322 e. The summed E-state index contributed by atoms with van der Waals surface area (Å²) in [5, 5.41) is 14.7. The molecule has 0 bridgehead atoms. The summed E-state index contributed by atoms with van der Waals surface area (Å²) in [7, 11) is 3.10. The molecule has 3 rings (SSSR count). The number of rotatable bonds is 6. The molecule has 0 radical (unpaired) electrons. The number of ether oxygens (including phenoxy) is 2. The van der Waals surface area contributed by atoms with Crippen LogP contribution in [0.2, 0.25) is 0 Å². The van der Waals surface area contributed by atoms with Crippen molar-refractivity contribution in [2.45, 2.75) is 20.4 Å². The number of nitrogens with zero attached hydrogens (tertiary/aromatic N) is 4. The molecule has 26 heavy (non-hydrogen) atoms. The van der Waals surface area contributed by atoms with Gasteiger partial charge in [-0.1, -0.05) is 5.10 Å². The van der Waals surface area contributed by atoms with Crippen LogP contribution in [0.5, 0.6) is 11.5 Å². The normalized spacial score (nSPS) is 10.6. The van der Waals surface area contributed by atoms with E-state index in [0.29, 0.717) is 29.3 Å². The second kappa shape index (κ2) is 7.26. The Labute approximate surface area is 149 Å². The maximum absolute atomic E-state index is 12.4. The monoisotopic (exact) mass is 357 g/mol. The summed E-state index contributed by atoms with van der Waals surface area (Å²) < 4.78 is 17.7. The van der Waals surface area contributed by atoms with Crippen LogP contribution in [-0.4, -0.2) is 40.1 Å². The van der Waals surface area contributed by atoms with Crippen molar-refractivity contribution in [3.63, 3.8) is 0 Å². The molecule has 0 saturated carbocycles. The van der Waals surface area contributed by atoms with Gasteiger partial charge in [0.15, 0.2) is 0 Å². The number of nitrogens with one attached hydrogen (secondary N) is 1. The molecule has 3 aromatic rings. The Balaban J connectivity index is 1.85. The van der Waals surface area contributed by atoms with E-state index in [1.165, 1.54) is 0 Å². The van der Waals surface area contributed by atoms with Gasteiger partial charge in [-0.15, -0.1) is 5.10 Å². The average molecular weight is 357 g/mol. The standard InChI is InChI=1S/C17H19N5O4/c1-5-22-13(8-10(2)21-22)15(23)18-17-20-19-16(26-17)12-9-11(24-3)6-7-14(12)25-4/h6-9H,5H2,1-4H3,(H,18,20,23). The molecule has 1 N–H and O–H groups in total. The van der Waals surface area contributed by atoms with E-state index in [9.17, 15) is 4.79 Å². The van der Waals surface area contributed by atoms with Gasteiger partial charge < -0.3 is 13.9 Å². The lowest BCUT2D eigenvalue weighted by Gasteiger charge is -2.07. The number of methoxy groups -OCH3 is 2. The highest BCUT2D eigenvalue weighted by atomic mass is 16.5. The molecule has 0 unspecified atom stereocenters. The van der Waals surface area contributed by atoms with Crippen LogP contribution in [0.3, 0.4) is 0 Å². The van der Waals surface area contributed by atoms with Crippen molar-refractivity contribution in [2.75, 3.05) is 19.5 Å². The quantitative estimate of drug-likeness (QED) is 0.723. The molecule has 0 aliphatic carbocycles. The zero-order valence-electron chi connectivity index (χ0n) is 14.9. The molecule has 2 heterocycles. The van der Waals surface area contributed by atoms with E-state index in [1.54, 1.807) is 43.2 Å². The number of carbonyl (C=O) groups is 1. The van der Waals surface area contributed by atoms with E-state index in [1.807, 2.05) is 13.8 Å². The molecular formula is C17H19N5O4. The van der Waals surface area contributed by atoms with Crippen LogP contribution < -0.4 is 14.8 Å². The molecule has 0 fully saturated rings. The Morgan fingerprint density at radius 2 is 2.04 bits per heavy atom. The predicted molar refractivity (Wildman–Crippen MR) is 93.4 cm³/mol. The SMILES string of the molecule is CCn1nc(C)cc1C(=O)Nc1nnc(-c2cc(OC)ccc2OC)o1. The molecule has 9 heteroatoms. The van der Waals surface area contributed by atoms with Crippen LogP contribution in [0.1, 0.15) is 23.1 Å². The highest BCUT2D eigenvalue weighted by Gasteiger charge is 2.19. The number of benzene rings is 1. The van der Waals surface area contributed by atoms with Gasteiger partial charge >= 0.3 is 6.01 Å². The summed E-state index contributed by atoms with van der Waals surface area (Å²) in [6.07, 6.45) is 0. The van der Waals surface area contributed by atoms with E-state index in [4.69, 9.17) is 13.9 Å². The fourth-order valence-electron chi connectivity index (χ4n) is 2.49. The molecule has 1 aromatic carbocycles. The lowest BCUT2D eigenvalue weighted by Crippen LogP contribution is -2.17. The van der Waals surface area contributed by atoms with Crippen molar-refractivity contribution in [3.05, 3.63) is 35.7 Å². The summed E-state index contributed by atoms with van der Waals surface area (Å²) in [5.41, 5.74) is 1.74. The first-order valence-electron chi connectivity index (χ1n) is 7.97. The van der Waals surface area contributed by atoms with E-state index in [0.717, 1.165) is 5.69 Å². The number of hydrogen-bond donors (Lipinski definition) is 1. The third kappa shape index (κ3) is 3.37. The Hall–Kier alpha value is -3.36. The molecule has 0 aliphatic rings. The minimum absolute atomic E-state index is 0.0172. The lowest BCUT2D eigenvalue weighted by molar-refractivity contribution is 0.101. The molecule has 0 aliphatic heterocycles. The first-order chi connectivity index (χ1) is 12.5. The number of aryl methyl sites for hydroxylation is 2. The first-order valence-corrected chi connectivity index (χ1v) is 7.97. The highest BCUT2D eigenvalue weighted by Crippen LogP contribution is 2.33. The van der Waals surface area contributed by atoms with E-state index >= 15 is 0 Å². The predicted octanol–water partition coefficient (Wildman–Crippen LogP) is 2.53. The number of amides is 1. The Kier molecular flexibility index (Phi) is 4.87. The Morgan fingerprint density at radius 1 is 1.23 bits per heavy atom. The van der Waals surface area contributed by atoms with Gasteiger partial charge in [-0.05, 0) is 38.1 Å². The van der Waals surface area contributed by atoms with Crippen molar-refractivity contribution in [3.8, 4) is 23.0 Å². The van der Waals surface area contributed by atoms with Gasteiger partial charge in [0.25, 0.3) is 11.8 Å². The van der Waals surface area contributed by atoms with Crippen molar-refractivity contribution in [1.82, 2.24) is 20.0 Å². The highest BCUT2D eigenvalue weighted by molar-refractivity contribution is 6.02. The molecule has 0 spiro atoms. The smallest absolute Gasteiger partial charge is 0.322 e. The van der Waals surface area contributed by atoms with E-state index in [2.05, 4.69) is 20.6 Å². The second-order valence-electron chi connectivity index (χ2n) is 5.42. The first kappa shape index (κ1) is 17.5. The fraction of sp³-hybridized carbons (Fsp3) is 0.294. The number of anilines is 1. The van der Waals surface area contributed by atoms with Gasteiger partial charge in [-0.25, -0.2) is 0 Å². The Bertz CT molecular complexity index is 931. The molecule has 0 atom stereocenters. The van der Waals surface area contributed by atoms with Gasteiger partial charge in [0, 0.05) is 6.54 Å². The number of aromatic nitrogens is 4. The summed E-state index contributed by atoms with van der Waals surface area (Å²) in [4.78, 5) is 12.4. The van der Waals surface area contributed by atoms with Gasteiger partial charge in [-0.3, -0.25) is 14.8 Å². The fourth-order valence-corrected chi connectivity index (χ4v) is 2.49. The minimum atomic E-state index is -0.375. The molecule has 1 amide bonds. The van der Waals surface area contributed by atoms with Crippen molar-refractivity contribution < 1.29 is 18.7 Å². The summed E-state index contributed by atoms with van der Waals surface area (Å²) in [6, 6.07) is 6.89. The van der Waals surface area contributed by atoms with E-state index < -0.39 is 0 Å². The molecule has 0 saturated heterocycles. The van der Waals surface area contributed by atoms with Crippen molar-refractivity contribution in [1.29, 1.82) is 0 Å². The van der Waals surface area contributed by atoms with E-state index in [-0.39, 0.29) is 17.8 Å². The summed E-state index contributed by atoms with van der Waals surface area (Å²) >= 11 is 0. The van der Waals surface area contributed by atoms with Gasteiger partial charge in [0.2, 0.25) is 0 Å². The summed E-state index contributed by atoms with van der Waals surface area (Å²) in [5.74, 6) is 0.996. The average Bonchev–Trinajstić information content (AvgIpc) is 3.27. The third-order valence-electron chi connectivity index (χ3n) is 3.72. The van der Waals surface area contributed by atoms with Gasteiger partial charge in [0.05, 0.1) is 25.5 Å².